The van der Waals surface area contributed by atoms with Crippen molar-refractivity contribution in [3.05, 3.63) is 89.7 Å². The number of ether oxygens (including phenoxy) is 1. The van der Waals surface area contributed by atoms with Crippen LogP contribution in [0.5, 0.6) is 11.5 Å². The summed E-state index contributed by atoms with van der Waals surface area (Å²) in [5, 5.41) is 3.09. The number of rotatable bonds is 3. The molecule has 0 aliphatic carbocycles. The van der Waals surface area contributed by atoms with Crippen LogP contribution in [0.2, 0.25) is 0 Å². The summed E-state index contributed by atoms with van der Waals surface area (Å²) in [5.41, 5.74) is 2.60. The number of hydrogen-bond donors (Lipinski definition) is 1. The highest BCUT2D eigenvalue weighted by atomic mass is 16.5. The molecule has 1 aromatic heterocycles. The third kappa shape index (κ3) is 2.87. The maximum absolute atomic E-state index is 13.1. The zero-order valence-corrected chi connectivity index (χ0v) is 13.8. The van der Waals surface area contributed by atoms with Gasteiger partial charge in [-0.2, -0.15) is 0 Å². The minimum atomic E-state index is -0.396. The number of pyridine rings is 1. The molecule has 4 nitrogen and oxygen atoms in total. The lowest BCUT2D eigenvalue weighted by Crippen LogP contribution is -2.33. The standard InChI is InChI=1S/C21H18N2O2/c1-14(17-10-6-7-13-22-17)23-21(24)20-15-8-2-4-11-18(15)25-19-12-5-3-9-16(19)20/h2-14,20H,1H3,(H,23,24). The van der Waals surface area contributed by atoms with Gasteiger partial charge in [-0.15, -0.1) is 0 Å². The van der Waals surface area contributed by atoms with E-state index in [1.807, 2.05) is 73.7 Å². The fourth-order valence-corrected chi connectivity index (χ4v) is 3.20. The van der Waals surface area contributed by atoms with Crippen LogP contribution in [0.25, 0.3) is 0 Å². The first-order chi connectivity index (χ1) is 12.2. The van der Waals surface area contributed by atoms with Gasteiger partial charge in [0.1, 0.15) is 11.5 Å². The van der Waals surface area contributed by atoms with Crippen LogP contribution in [0, 0.1) is 0 Å². The summed E-state index contributed by atoms with van der Waals surface area (Å²) in [5.74, 6) is 1.01. The number of amides is 1. The lowest BCUT2D eigenvalue weighted by atomic mass is 9.87. The lowest BCUT2D eigenvalue weighted by Gasteiger charge is -2.28. The molecule has 0 radical (unpaired) electrons. The van der Waals surface area contributed by atoms with E-state index in [4.69, 9.17) is 4.74 Å². The molecule has 1 amide bonds. The quantitative estimate of drug-likeness (QED) is 0.783. The average molecular weight is 330 g/mol. The number of carbonyl (C=O) groups excluding carboxylic acids is 1. The molecule has 4 heteroatoms. The van der Waals surface area contributed by atoms with Gasteiger partial charge >= 0.3 is 0 Å². The first-order valence-corrected chi connectivity index (χ1v) is 8.31. The Morgan fingerprint density at radius 1 is 0.960 bits per heavy atom. The van der Waals surface area contributed by atoms with E-state index >= 15 is 0 Å². The smallest absolute Gasteiger partial charge is 0.232 e. The van der Waals surface area contributed by atoms with Crippen molar-refractivity contribution in [2.45, 2.75) is 18.9 Å². The van der Waals surface area contributed by atoms with E-state index in [1.165, 1.54) is 0 Å². The molecule has 3 aromatic rings. The molecular weight excluding hydrogens is 312 g/mol. The van der Waals surface area contributed by atoms with E-state index in [0.717, 1.165) is 28.3 Å². The number of para-hydroxylation sites is 2. The highest BCUT2D eigenvalue weighted by Crippen LogP contribution is 2.44. The van der Waals surface area contributed by atoms with Crippen molar-refractivity contribution < 1.29 is 9.53 Å². The molecule has 2 heterocycles. The summed E-state index contributed by atoms with van der Waals surface area (Å²) < 4.78 is 5.96. The largest absolute Gasteiger partial charge is 0.457 e. The molecule has 25 heavy (non-hydrogen) atoms. The number of benzene rings is 2. The third-order valence-electron chi connectivity index (χ3n) is 4.43. The second-order valence-corrected chi connectivity index (χ2v) is 6.10. The van der Waals surface area contributed by atoms with Gasteiger partial charge in [0.05, 0.1) is 17.7 Å². The van der Waals surface area contributed by atoms with Gasteiger partial charge in [0.2, 0.25) is 5.91 Å². The van der Waals surface area contributed by atoms with Gasteiger partial charge in [-0.3, -0.25) is 9.78 Å². The van der Waals surface area contributed by atoms with Gasteiger partial charge < -0.3 is 10.1 Å². The Balaban J connectivity index is 1.68. The molecule has 1 N–H and O–H groups in total. The summed E-state index contributed by atoms with van der Waals surface area (Å²) in [6.45, 7) is 1.94. The molecule has 0 spiro atoms. The van der Waals surface area contributed by atoms with Crippen molar-refractivity contribution in [3.8, 4) is 11.5 Å². The van der Waals surface area contributed by atoms with Crippen LogP contribution in [0.1, 0.15) is 35.7 Å². The number of nitrogens with zero attached hydrogens (tertiary/aromatic N) is 1. The molecule has 0 saturated carbocycles. The van der Waals surface area contributed by atoms with Crippen molar-refractivity contribution in [1.82, 2.24) is 10.3 Å². The second kappa shape index (κ2) is 6.40. The Morgan fingerprint density at radius 3 is 2.16 bits per heavy atom. The molecule has 1 atom stereocenters. The Morgan fingerprint density at radius 2 is 1.56 bits per heavy atom. The molecule has 1 unspecified atom stereocenters. The van der Waals surface area contributed by atoms with Crippen LogP contribution >= 0.6 is 0 Å². The Bertz CT molecular complexity index is 863. The lowest BCUT2D eigenvalue weighted by molar-refractivity contribution is -0.122. The molecule has 0 bridgehead atoms. The van der Waals surface area contributed by atoms with E-state index in [-0.39, 0.29) is 11.9 Å². The molecule has 0 fully saturated rings. The highest BCUT2D eigenvalue weighted by Gasteiger charge is 2.33. The van der Waals surface area contributed by atoms with E-state index in [2.05, 4.69) is 10.3 Å². The first-order valence-electron chi connectivity index (χ1n) is 8.31. The van der Waals surface area contributed by atoms with Gasteiger partial charge in [0.25, 0.3) is 0 Å². The Labute approximate surface area is 146 Å². The molecule has 124 valence electrons. The maximum Gasteiger partial charge on any atom is 0.232 e. The SMILES string of the molecule is CC(NC(=O)C1c2ccccc2Oc2ccccc21)c1ccccn1. The minimum Gasteiger partial charge on any atom is -0.457 e. The van der Waals surface area contributed by atoms with Crippen LogP contribution in [-0.4, -0.2) is 10.9 Å². The topological polar surface area (TPSA) is 51.2 Å². The Hall–Kier alpha value is -3.14. The van der Waals surface area contributed by atoms with Crippen LogP contribution in [-0.2, 0) is 4.79 Å². The zero-order valence-electron chi connectivity index (χ0n) is 13.8. The zero-order chi connectivity index (χ0) is 17.2. The van der Waals surface area contributed by atoms with Crippen LogP contribution < -0.4 is 10.1 Å². The maximum atomic E-state index is 13.1. The van der Waals surface area contributed by atoms with Gasteiger partial charge in [-0.1, -0.05) is 42.5 Å². The molecule has 4 rings (SSSR count). The molecule has 1 aliphatic heterocycles. The number of aromatic nitrogens is 1. The van der Waals surface area contributed by atoms with Gasteiger partial charge in [-0.25, -0.2) is 0 Å². The predicted molar refractivity (Wildman–Crippen MR) is 95.6 cm³/mol. The second-order valence-electron chi connectivity index (χ2n) is 6.10. The van der Waals surface area contributed by atoms with Gasteiger partial charge in [-0.05, 0) is 31.2 Å². The van der Waals surface area contributed by atoms with Crippen molar-refractivity contribution in [2.75, 3.05) is 0 Å². The van der Waals surface area contributed by atoms with E-state index in [1.54, 1.807) is 6.20 Å². The molecule has 1 aliphatic rings. The first kappa shape index (κ1) is 15.4. The normalized spacial score (nSPS) is 14.0. The minimum absolute atomic E-state index is 0.0543. The molecule has 0 saturated heterocycles. The summed E-state index contributed by atoms with van der Waals surface area (Å²) >= 11 is 0. The van der Waals surface area contributed by atoms with Crippen molar-refractivity contribution >= 4 is 5.91 Å². The van der Waals surface area contributed by atoms with Gasteiger partial charge in [0, 0.05) is 17.3 Å². The van der Waals surface area contributed by atoms with E-state index in [9.17, 15) is 4.79 Å². The van der Waals surface area contributed by atoms with Crippen molar-refractivity contribution in [3.63, 3.8) is 0 Å². The highest BCUT2D eigenvalue weighted by molar-refractivity contribution is 5.89. The van der Waals surface area contributed by atoms with E-state index < -0.39 is 5.92 Å². The average Bonchev–Trinajstić information content (AvgIpc) is 2.66. The third-order valence-corrected chi connectivity index (χ3v) is 4.43. The number of hydrogen-bond acceptors (Lipinski definition) is 3. The van der Waals surface area contributed by atoms with Crippen LogP contribution in [0.15, 0.2) is 72.9 Å². The number of fused-ring (bicyclic) bond motifs is 2. The van der Waals surface area contributed by atoms with Gasteiger partial charge in [0.15, 0.2) is 0 Å². The Kier molecular flexibility index (Phi) is 3.94. The number of carbonyl (C=O) groups is 1. The van der Waals surface area contributed by atoms with E-state index in [0.29, 0.717) is 0 Å². The van der Waals surface area contributed by atoms with Crippen LogP contribution in [0.4, 0.5) is 0 Å². The fourth-order valence-electron chi connectivity index (χ4n) is 3.20. The van der Waals surface area contributed by atoms with Crippen molar-refractivity contribution in [1.29, 1.82) is 0 Å². The number of nitrogens with one attached hydrogen (secondary N) is 1. The molecular formula is C21H18N2O2. The summed E-state index contributed by atoms with van der Waals surface area (Å²) in [6, 6.07) is 20.9. The predicted octanol–water partition coefficient (Wildman–Crippen LogP) is 4.20. The fraction of sp³-hybridized carbons (Fsp3) is 0.143. The monoisotopic (exact) mass is 330 g/mol. The molecule has 2 aromatic carbocycles. The van der Waals surface area contributed by atoms with Crippen molar-refractivity contribution in [2.24, 2.45) is 0 Å². The summed E-state index contributed by atoms with van der Waals surface area (Å²) in [6.07, 6.45) is 1.73. The summed E-state index contributed by atoms with van der Waals surface area (Å²) in [7, 11) is 0. The van der Waals surface area contributed by atoms with Crippen LogP contribution in [0.3, 0.4) is 0 Å². The summed E-state index contributed by atoms with van der Waals surface area (Å²) in [4.78, 5) is 17.4.